The molecule has 1 N–H and O–H groups in total. The first-order valence-corrected chi connectivity index (χ1v) is 6.40. The minimum atomic E-state index is 0.732. The van der Waals surface area contributed by atoms with Crippen molar-refractivity contribution in [3.8, 4) is 17.1 Å². The SMILES string of the molecule is COc1ccc(-c2nc3ncccc3[nH]2)cc1[As]. The number of aromatic nitrogens is 3. The van der Waals surface area contributed by atoms with E-state index in [1.165, 1.54) is 0 Å². The van der Waals surface area contributed by atoms with Gasteiger partial charge in [0.05, 0.1) is 0 Å². The number of hydrogen-bond donors (Lipinski definition) is 1. The number of H-pyrrole nitrogens is 1. The van der Waals surface area contributed by atoms with Gasteiger partial charge in [-0.05, 0) is 0 Å². The predicted octanol–water partition coefficient (Wildman–Crippen LogP) is 1.43. The molecule has 18 heavy (non-hydrogen) atoms. The molecular weight excluding hydrogens is 289 g/mol. The second-order valence-corrected chi connectivity index (χ2v) is 4.86. The summed E-state index contributed by atoms with van der Waals surface area (Å²) in [7, 11) is 1.66. The van der Waals surface area contributed by atoms with Gasteiger partial charge in [-0.2, -0.15) is 0 Å². The number of hydrogen-bond acceptors (Lipinski definition) is 3. The second kappa shape index (κ2) is 4.46. The first-order valence-electron chi connectivity index (χ1n) is 5.46. The Labute approximate surface area is 113 Å². The number of nitrogens with one attached hydrogen (secondary N) is 1. The van der Waals surface area contributed by atoms with E-state index in [0.29, 0.717) is 0 Å². The van der Waals surface area contributed by atoms with E-state index in [1.807, 2.05) is 30.3 Å². The Bertz CT molecular complexity index is 675. The number of methoxy groups -OCH3 is 1. The average molecular weight is 299 g/mol. The maximum absolute atomic E-state index is 5.24. The Morgan fingerprint density at radius 3 is 2.89 bits per heavy atom. The van der Waals surface area contributed by atoms with E-state index >= 15 is 0 Å². The van der Waals surface area contributed by atoms with E-state index in [4.69, 9.17) is 4.74 Å². The van der Waals surface area contributed by atoms with E-state index in [0.717, 1.165) is 32.7 Å². The molecule has 3 aromatic rings. The molecule has 1 aromatic carbocycles. The molecular formula is C13H10AsN3O. The van der Waals surface area contributed by atoms with Crippen LogP contribution in [0.5, 0.6) is 5.75 Å². The number of nitrogens with zero attached hydrogens (tertiary/aromatic N) is 2. The van der Waals surface area contributed by atoms with Gasteiger partial charge in [0.1, 0.15) is 0 Å². The zero-order valence-electron chi connectivity index (χ0n) is 9.71. The summed E-state index contributed by atoms with van der Waals surface area (Å²) in [5.41, 5.74) is 2.69. The van der Waals surface area contributed by atoms with Gasteiger partial charge in [-0.1, -0.05) is 0 Å². The number of fused-ring (bicyclic) bond motifs is 1. The molecule has 5 heteroatoms. The molecule has 0 aliphatic carbocycles. The number of aromatic amines is 1. The maximum atomic E-state index is 5.24. The van der Waals surface area contributed by atoms with Crippen LogP contribution in [0.4, 0.5) is 0 Å². The van der Waals surface area contributed by atoms with Crippen LogP contribution < -0.4 is 9.09 Å². The molecule has 2 radical (unpaired) electrons. The van der Waals surface area contributed by atoms with Crippen molar-refractivity contribution in [3.63, 3.8) is 0 Å². The van der Waals surface area contributed by atoms with Crippen LogP contribution in [0.15, 0.2) is 36.5 Å². The molecule has 0 aliphatic heterocycles. The van der Waals surface area contributed by atoms with Gasteiger partial charge in [-0.25, -0.2) is 0 Å². The molecule has 0 amide bonds. The molecule has 3 rings (SSSR count). The van der Waals surface area contributed by atoms with E-state index in [9.17, 15) is 0 Å². The van der Waals surface area contributed by atoms with Crippen LogP contribution in [0, 0.1) is 0 Å². The molecule has 0 unspecified atom stereocenters. The Kier molecular flexibility index (Phi) is 2.80. The quantitative estimate of drug-likeness (QED) is 0.728. The van der Waals surface area contributed by atoms with Crippen molar-refractivity contribution in [1.82, 2.24) is 15.0 Å². The van der Waals surface area contributed by atoms with Gasteiger partial charge in [0.2, 0.25) is 0 Å². The van der Waals surface area contributed by atoms with Crippen molar-refractivity contribution in [1.29, 1.82) is 0 Å². The first-order chi connectivity index (χ1) is 8.78. The standard InChI is InChI=1S/C13H10AsN3O/c1-18-11-5-4-8(7-9(11)14)12-16-10-3-2-6-15-13(10)17-12/h2-7H,1H3,(H,15,16,17). The third-order valence-electron chi connectivity index (χ3n) is 2.71. The van der Waals surface area contributed by atoms with Crippen LogP contribution in [-0.2, 0) is 0 Å². The van der Waals surface area contributed by atoms with Crippen LogP contribution >= 0.6 is 0 Å². The van der Waals surface area contributed by atoms with Crippen LogP contribution in [0.3, 0.4) is 0 Å². The number of ether oxygens (including phenoxy) is 1. The Morgan fingerprint density at radius 2 is 2.17 bits per heavy atom. The Hall–Kier alpha value is -1.80. The third kappa shape index (κ3) is 1.89. The van der Waals surface area contributed by atoms with E-state index in [2.05, 4.69) is 31.8 Å². The number of benzene rings is 1. The zero-order valence-corrected chi connectivity index (χ0v) is 11.6. The third-order valence-corrected chi connectivity index (χ3v) is 3.44. The summed E-state index contributed by atoms with van der Waals surface area (Å²) in [4.78, 5) is 11.9. The van der Waals surface area contributed by atoms with Crippen molar-refractivity contribution in [3.05, 3.63) is 36.5 Å². The summed E-state index contributed by atoms with van der Waals surface area (Å²) in [6, 6.07) is 9.79. The van der Waals surface area contributed by atoms with Gasteiger partial charge < -0.3 is 0 Å². The van der Waals surface area contributed by atoms with Crippen LogP contribution in [-0.4, -0.2) is 38.9 Å². The zero-order chi connectivity index (χ0) is 12.5. The molecule has 0 fully saturated rings. The summed E-state index contributed by atoms with van der Waals surface area (Å²) in [5.74, 6) is 1.67. The normalized spacial score (nSPS) is 10.8. The molecule has 4 nitrogen and oxygen atoms in total. The number of pyridine rings is 1. The fourth-order valence-corrected chi connectivity index (χ4v) is 2.46. The second-order valence-electron chi connectivity index (χ2n) is 3.85. The van der Waals surface area contributed by atoms with Crippen molar-refractivity contribution >= 4 is 32.4 Å². The van der Waals surface area contributed by atoms with Crippen molar-refractivity contribution in [2.24, 2.45) is 0 Å². The number of rotatable bonds is 2. The fourth-order valence-electron chi connectivity index (χ4n) is 1.82. The molecule has 2 aromatic heterocycles. The molecule has 0 aliphatic rings. The van der Waals surface area contributed by atoms with Crippen molar-refractivity contribution < 1.29 is 4.74 Å². The molecule has 0 saturated heterocycles. The van der Waals surface area contributed by atoms with Crippen molar-refractivity contribution in [2.75, 3.05) is 7.11 Å². The first kappa shape index (κ1) is 11.3. The Morgan fingerprint density at radius 1 is 1.28 bits per heavy atom. The van der Waals surface area contributed by atoms with Crippen LogP contribution in [0.1, 0.15) is 0 Å². The van der Waals surface area contributed by atoms with E-state index in [1.54, 1.807) is 13.3 Å². The molecule has 0 bridgehead atoms. The average Bonchev–Trinajstić information content (AvgIpc) is 2.82. The van der Waals surface area contributed by atoms with Gasteiger partial charge >= 0.3 is 113 Å². The monoisotopic (exact) mass is 299 g/mol. The summed E-state index contributed by atoms with van der Waals surface area (Å²) >= 11 is 2.50. The van der Waals surface area contributed by atoms with E-state index < -0.39 is 0 Å². The summed E-state index contributed by atoms with van der Waals surface area (Å²) in [5, 5.41) is 0. The number of imidazole rings is 1. The van der Waals surface area contributed by atoms with Crippen LogP contribution in [0.2, 0.25) is 0 Å². The topological polar surface area (TPSA) is 50.8 Å². The summed E-state index contributed by atoms with van der Waals surface area (Å²) < 4.78 is 6.26. The van der Waals surface area contributed by atoms with Gasteiger partial charge in [-0.3, -0.25) is 0 Å². The van der Waals surface area contributed by atoms with Gasteiger partial charge in [0.15, 0.2) is 0 Å². The summed E-state index contributed by atoms with van der Waals surface area (Å²) in [6.07, 6.45) is 1.74. The molecule has 0 saturated carbocycles. The van der Waals surface area contributed by atoms with Gasteiger partial charge in [0, 0.05) is 0 Å². The predicted molar refractivity (Wildman–Crippen MR) is 71.3 cm³/mol. The molecule has 0 spiro atoms. The summed E-state index contributed by atoms with van der Waals surface area (Å²) in [6.45, 7) is 0. The molecule has 2 heterocycles. The minimum absolute atomic E-state index is 0.732. The Balaban J connectivity index is 2.11. The van der Waals surface area contributed by atoms with Crippen molar-refractivity contribution in [2.45, 2.75) is 0 Å². The van der Waals surface area contributed by atoms with Gasteiger partial charge in [0.25, 0.3) is 0 Å². The molecule has 0 atom stereocenters. The van der Waals surface area contributed by atoms with Crippen LogP contribution in [0.25, 0.3) is 22.6 Å². The van der Waals surface area contributed by atoms with Gasteiger partial charge in [-0.15, -0.1) is 0 Å². The molecule has 88 valence electrons. The fraction of sp³-hybridized carbons (Fsp3) is 0.0769. The van der Waals surface area contributed by atoms with E-state index in [-0.39, 0.29) is 0 Å².